The summed E-state index contributed by atoms with van der Waals surface area (Å²) in [5.41, 5.74) is 1.01. The van der Waals surface area contributed by atoms with E-state index in [4.69, 9.17) is 5.26 Å². The summed E-state index contributed by atoms with van der Waals surface area (Å²) in [6, 6.07) is 2.21. The van der Waals surface area contributed by atoms with Gasteiger partial charge >= 0.3 is 0 Å². The lowest BCUT2D eigenvalue weighted by Gasteiger charge is -2.14. The van der Waals surface area contributed by atoms with Crippen LogP contribution in [0.2, 0.25) is 0 Å². The molecule has 0 heterocycles. The monoisotopic (exact) mass is 208 g/mol. The standard InChI is InChI=1S/C13H24N2/c1-5-7-13(10-14)15-12(4)9-6-8-11(2)3/h11,13,15H,4-9H2,1-3H3. The highest BCUT2D eigenvalue weighted by Gasteiger charge is 2.06. The third-order valence-electron chi connectivity index (χ3n) is 2.37. The Morgan fingerprint density at radius 3 is 2.53 bits per heavy atom. The smallest absolute Gasteiger partial charge is 0.114 e. The maximum Gasteiger partial charge on any atom is 0.114 e. The number of nitriles is 1. The highest BCUT2D eigenvalue weighted by molar-refractivity contribution is 5.00. The van der Waals surface area contributed by atoms with E-state index in [0.29, 0.717) is 0 Å². The Bertz CT molecular complexity index is 213. The van der Waals surface area contributed by atoms with Crippen molar-refractivity contribution in [2.24, 2.45) is 5.92 Å². The number of nitrogens with one attached hydrogen (secondary N) is 1. The fraction of sp³-hybridized carbons (Fsp3) is 0.769. The molecule has 0 saturated heterocycles. The zero-order chi connectivity index (χ0) is 11.7. The predicted molar refractivity (Wildman–Crippen MR) is 65.3 cm³/mol. The summed E-state index contributed by atoms with van der Waals surface area (Å²) < 4.78 is 0. The molecule has 0 aliphatic rings. The van der Waals surface area contributed by atoms with E-state index in [-0.39, 0.29) is 6.04 Å². The van der Waals surface area contributed by atoms with Crippen LogP contribution < -0.4 is 5.32 Å². The van der Waals surface area contributed by atoms with E-state index < -0.39 is 0 Å². The van der Waals surface area contributed by atoms with Crippen molar-refractivity contribution >= 4 is 0 Å². The molecule has 1 atom stereocenters. The van der Waals surface area contributed by atoms with E-state index in [2.05, 4.69) is 38.7 Å². The second kappa shape index (κ2) is 8.35. The molecule has 0 aromatic carbocycles. The number of hydrogen-bond donors (Lipinski definition) is 1. The van der Waals surface area contributed by atoms with Gasteiger partial charge in [-0.3, -0.25) is 0 Å². The van der Waals surface area contributed by atoms with Gasteiger partial charge in [-0.15, -0.1) is 0 Å². The minimum Gasteiger partial charge on any atom is -0.374 e. The molecule has 0 aromatic heterocycles. The second-order valence-electron chi connectivity index (χ2n) is 4.50. The number of nitrogens with zero attached hydrogens (tertiary/aromatic N) is 1. The average Bonchev–Trinajstić information content (AvgIpc) is 2.16. The molecule has 0 fully saturated rings. The molecule has 2 heteroatoms. The van der Waals surface area contributed by atoms with E-state index >= 15 is 0 Å². The van der Waals surface area contributed by atoms with Gasteiger partial charge in [0.05, 0.1) is 6.07 Å². The van der Waals surface area contributed by atoms with Gasteiger partial charge in [0, 0.05) is 5.70 Å². The molecule has 0 spiro atoms. The van der Waals surface area contributed by atoms with Gasteiger partial charge in [-0.25, -0.2) is 0 Å². The van der Waals surface area contributed by atoms with Crippen molar-refractivity contribution in [1.82, 2.24) is 5.32 Å². The third kappa shape index (κ3) is 8.05. The van der Waals surface area contributed by atoms with Crippen LogP contribution in [0.15, 0.2) is 12.3 Å². The molecule has 0 saturated carbocycles. The molecule has 0 aromatic rings. The third-order valence-corrected chi connectivity index (χ3v) is 2.37. The maximum absolute atomic E-state index is 8.87. The molecular formula is C13H24N2. The van der Waals surface area contributed by atoms with Gasteiger partial charge in [0.15, 0.2) is 0 Å². The summed E-state index contributed by atoms with van der Waals surface area (Å²) in [5, 5.41) is 12.1. The van der Waals surface area contributed by atoms with Crippen LogP contribution in [-0.2, 0) is 0 Å². The minimum absolute atomic E-state index is 0.0541. The zero-order valence-corrected chi connectivity index (χ0v) is 10.3. The highest BCUT2D eigenvalue weighted by atomic mass is 14.9. The molecule has 0 rings (SSSR count). The summed E-state index contributed by atoms with van der Waals surface area (Å²) >= 11 is 0. The highest BCUT2D eigenvalue weighted by Crippen LogP contribution is 2.10. The van der Waals surface area contributed by atoms with Crippen LogP contribution in [0.3, 0.4) is 0 Å². The molecule has 2 nitrogen and oxygen atoms in total. The van der Waals surface area contributed by atoms with Crippen LogP contribution in [-0.4, -0.2) is 6.04 Å². The average molecular weight is 208 g/mol. The van der Waals surface area contributed by atoms with Crippen molar-refractivity contribution in [2.45, 2.75) is 58.9 Å². The lowest BCUT2D eigenvalue weighted by Crippen LogP contribution is -2.26. The van der Waals surface area contributed by atoms with Crippen molar-refractivity contribution < 1.29 is 0 Å². The van der Waals surface area contributed by atoms with Crippen LogP contribution >= 0.6 is 0 Å². The van der Waals surface area contributed by atoms with Crippen LogP contribution in [0.25, 0.3) is 0 Å². The summed E-state index contributed by atoms with van der Waals surface area (Å²) in [6.07, 6.45) is 5.31. The predicted octanol–water partition coefficient (Wildman–Crippen LogP) is 3.61. The van der Waals surface area contributed by atoms with Gasteiger partial charge in [0.1, 0.15) is 6.04 Å². The second-order valence-corrected chi connectivity index (χ2v) is 4.50. The van der Waals surface area contributed by atoms with Crippen molar-refractivity contribution in [3.63, 3.8) is 0 Å². The normalized spacial score (nSPS) is 12.2. The number of rotatable bonds is 8. The molecule has 0 aliphatic heterocycles. The molecular weight excluding hydrogens is 184 g/mol. The Balaban J connectivity index is 3.68. The molecule has 86 valence electrons. The van der Waals surface area contributed by atoms with E-state index in [1.54, 1.807) is 0 Å². The molecule has 1 N–H and O–H groups in total. The summed E-state index contributed by atoms with van der Waals surface area (Å²) in [6.45, 7) is 10.5. The molecule has 15 heavy (non-hydrogen) atoms. The van der Waals surface area contributed by atoms with Gasteiger partial charge in [-0.1, -0.05) is 40.2 Å². The van der Waals surface area contributed by atoms with Crippen LogP contribution in [0.1, 0.15) is 52.9 Å². The quantitative estimate of drug-likeness (QED) is 0.661. The Kier molecular flexibility index (Phi) is 7.81. The van der Waals surface area contributed by atoms with Crippen molar-refractivity contribution in [1.29, 1.82) is 5.26 Å². The van der Waals surface area contributed by atoms with Crippen LogP contribution in [0.4, 0.5) is 0 Å². The fourth-order valence-corrected chi connectivity index (χ4v) is 1.50. The molecule has 0 amide bonds. The molecule has 0 aliphatic carbocycles. The zero-order valence-electron chi connectivity index (χ0n) is 10.3. The Morgan fingerprint density at radius 2 is 2.07 bits per heavy atom. The van der Waals surface area contributed by atoms with Crippen molar-refractivity contribution in [3.05, 3.63) is 12.3 Å². The SMILES string of the molecule is C=C(CCCC(C)C)NC(C#N)CCC. The Labute approximate surface area is 94.4 Å². The Hall–Kier alpha value is -0.970. The first kappa shape index (κ1) is 14.0. The lowest BCUT2D eigenvalue weighted by atomic mass is 10.1. The molecule has 0 radical (unpaired) electrons. The topological polar surface area (TPSA) is 35.8 Å². The lowest BCUT2D eigenvalue weighted by molar-refractivity contribution is 0.533. The van der Waals surface area contributed by atoms with E-state index in [9.17, 15) is 0 Å². The fourth-order valence-electron chi connectivity index (χ4n) is 1.50. The van der Waals surface area contributed by atoms with E-state index in [1.165, 1.54) is 6.42 Å². The molecule has 1 unspecified atom stereocenters. The van der Waals surface area contributed by atoms with Crippen molar-refractivity contribution in [2.75, 3.05) is 0 Å². The Morgan fingerprint density at radius 1 is 1.40 bits per heavy atom. The summed E-state index contributed by atoms with van der Waals surface area (Å²) in [7, 11) is 0. The largest absolute Gasteiger partial charge is 0.374 e. The van der Waals surface area contributed by atoms with Crippen LogP contribution in [0.5, 0.6) is 0 Å². The first-order chi connectivity index (χ1) is 7.10. The number of allylic oxidation sites excluding steroid dienone is 1. The first-order valence-corrected chi connectivity index (χ1v) is 5.94. The summed E-state index contributed by atoms with van der Waals surface area (Å²) in [5.74, 6) is 0.750. The van der Waals surface area contributed by atoms with E-state index in [0.717, 1.165) is 37.3 Å². The van der Waals surface area contributed by atoms with Gasteiger partial charge in [-0.05, 0) is 25.2 Å². The summed E-state index contributed by atoms with van der Waals surface area (Å²) in [4.78, 5) is 0. The van der Waals surface area contributed by atoms with E-state index in [1.807, 2.05) is 0 Å². The maximum atomic E-state index is 8.87. The first-order valence-electron chi connectivity index (χ1n) is 5.94. The van der Waals surface area contributed by atoms with Crippen molar-refractivity contribution in [3.8, 4) is 6.07 Å². The van der Waals surface area contributed by atoms with Gasteiger partial charge < -0.3 is 5.32 Å². The number of hydrogen-bond acceptors (Lipinski definition) is 2. The van der Waals surface area contributed by atoms with Gasteiger partial charge in [0.25, 0.3) is 0 Å². The van der Waals surface area contributed by atoms with Gasteiger partial charge in [-0.2, -0.15) is 5.26 Å². The molecule has 0 bridgehead atoms. The minimum atomic E-state index is -0.0541. The van der Waals surface area contributed by atoms with Gasteiger partial charge in [0.2, 0.25) is 0 Å². The van der Waals surface area contributed by atoms with Crippen LogP contribution in [0, 0.1) is 17.2 Å².